The Kier molecular flexibility index (Phi) is 4.11. The molecular weight excluding hydrogens is 244 g/mol. The quantitative estimate of drug-likeness (QED) is 0.605. The molecule has 0 aliphatic heterocycles. The molecule has 0 amide bonds. The van der Waals surface area contributed by atoms with E-state index < -0.39 is 0 Å². The molecule has 88 valence electrons. The summed E-state index contributed by atoms with van der Waals surface area (Å²) in [7, 11) is 0. The third-order valence-corrected chi connectivity index (χ3v) is 3.55. The van der Waals surface area contributed by atoms with E-state index in [0.29, 0.717) is 11.3 Å². The van der Waals surface area contributed by atoms with Crippen molar-refractivity contribution in [2.45, 2.75) is 10.6 Å². The van der Waals surface area contributed by atoms with Crippen LogP contribution in [0.1, 0.15) is 11.1 Å². The van der Waals surface area contributed by atoms with Crippen LogP contribution in [0.4, 0.5) is 5.69 Å². The highest BCUT2D eigenvalue weighted by molar-refractivity contribution is 7.98. The predicted octanol–water partition coefficient (Wildman–Crippen LogP) is 4.25. The first-order chi connectivity index (χ1) is 8.83. The van der Waals surface area contributed by atoms with Gasteiger partial charge in [-0.1, -0.05) is 30.3 Å². The molecule has 0 aliphatic carbocycles. The maximum atomic E-state index is 10.5. The van der Waals surface area contributed by atoms with Crippen molar-refractivity contribution < 1.29 is 0 Å². The number of nitrogens with zero attached hydrogens (tertiary/aromatic N) is 2. The number of thioether (sulfide) groups is 1. The van der Waals surface area contributed by atoms with Gasteiger partial charge in [0.15, 0.2) is 0 Å². The molecule has 0 fully saturated rings. The second-order valence-corrected chi connectivity index (χ2v) is 4.68. The van der Waals surface area contributed by atoms with Crippen LogP contribution in [0.5, 0.6) is 0 Å². The fraction of sp³-hybridized carbons (Fsp3) is 0.0714. The second kappa shape index (κ2) is 5.99. The van der Waals surface area contributed by atoms with E-state index in [9.17, 15) is 4.91 Å². The highest BCUT2D eigenvalue weighted by atomic mass is 32.2. The summed E-state index contributed by atoms with van der Waals surface area (Å²) in [6.45, 7) is 0. The number of benzene rings is 2. The third kappa shape index (κ3) is 2.96. The van der Waals surface area contributed by atoms with Gasteiger partial charge in [0, 0.05) is 10.6 Å². The smallest absolute Gasteiger partial charge is 0.109 e. The van der Waals surface area contributed by atoms with Crippen LogP contribution in [-0.2, 0) is 5.75 Å². The van der Waals surface area contributed by atoms with Crippen LogP contribution in [0.25, 0.3) is 0 Å². The molecule has 0 heterocycles. The zero-order valence-electron chi connectivity index (χ0n) is 9.54. The summed E-state index contributed by atoms with van der Waals surface area (Å²) >= 11 is 1.53. The van der Waals surface area contributed by atoms with Crippen molar-refractivity contribution in [2.24, 2.45) is 5.18 Å². The molecule has 0 atom stereocenters. The first-order valence-electron chi connectivity index (χ1n) is 5.37. The van der Waals surface area contributed by atoms with Crippen LogP contribution in [0.3, 0.4) is 0 Å². The Morgan fingerprint density at radius 3 is 2.61 bits per heavy atom. The topological polar surface area (TPSA) is 53.2 Å². The van der Waals surface area contributed by atoms with Crippen molar-refractivity contribution in [1.29, 1.82) is 5.26 Å². The fourth-order valence-corrected chi connectivity index (χ4v) is 2.50. The largest absolute Gasteiger partial charge is 0.192 e. The van der Waals surface area contributed by atoms with Gasteiger partial charge in [-0.2, -0.15) is 5.26 Å². The molecule has 2 rings (SSSR count). The lowest BCUT2D eigenvalue weighted by atomic mass is 10.2. The zero-order valence-corrected chi connectivity index (χ0v) is 10.4. The second-order valence-electron chi connectivity index (χ2n) is 3.66. The number of rotatable bonds is 4. The molecule has 4 heteroatoms. The van der Waals surface area contributed by atoms with Crippen LogP contribution in [-0.4, -0.2) is 0 Å². The van der Waals surface area contributed by atoms with E-state index in [1.807, 2.05) is 30.3 Å². The van der Waals surface area contributed by atoms with E-state index in [4.69, 9.17) is 5.26 Å². The minimum Gasteiger partial charge on any atom is -0.192 e. The predicted molar refractivity (Wildman–Crippen MR) is 72.6 cm³/mol. The summed E-state index contributed by atoms with van der Waals surface area (Å²) in [4.78, 5) is 11.3. The van der Waals surface area contributed by atoms with Gasteiger partial charge in [0.25, 0.3) is 0 Å². The average molecular weight is 254 g/mol. The van der Waals surface area contributed by atoms with Gasteiger partial charge in [-0.15, -0.1) is 16.7 Å². The van der Waals surface area contributed by atoms with Crippen LogP contribution < -0.4 is 0 Å². The molecule has 0 spiro atoms. The van der Waals surface area contributed by atoms with Crippen LogP contribution in [0, 0.1) is 16.2 Å². The number of hydrogen-bond acceptors (Lipinski definition) is 4. The number of hydrogen-bond donors (Lipinski definition) is 0. The van der Waals surface area contributed by atoms with Gasteiger partial charge < -0.3 is 0 Å². The molecule has 0 radical (unpaired) electrons. The van der Waals surface area contributed by atoms with Crippen molar-refractivity contribution in [3.8, 4) is 6.07 Å². The first-order valence-corrected chi connectivity index (χ1v) is 6.36. The summed E-state index contributed by atoms with van der Waals surface area (Å²) in [6, 6.07) is 16.9. The molecule has 2 aromatic rings. The monoisotopic (exact) mass is 254 g/mol. The van der Waals surface area contributed by atoms with E-state index in [2.05, 4.69) is 11.2 Å². The molecule has 0 saturated heterocycles. The van der Waals surface area contributed by atoms with Gasteiger partial charge in [0.1, 0.15) is 11.8 Å². The Morgan fingerprint density at radius 2 is 1.94 bits per heavy atom. The average Bonchev–Trinajstić information content (AvgIpc) is 2.45. The molecule has 0 unspecified atom stereocenters. The Morgan fingerprint density at radius 1 is 1.17 bits per heavy atom. The highest BCUT2D eigenvalue weighted by Crippen LogP contribution is 2.29. The zero-order chi connectivity index (χ0) is 12.8. The molecule has 0 N–H and O–H groups in total. The molecule has 0 aliphatic rings. The maximum absolute atomic E-state index is 10.5. The van der Waals surface area contributed by atoms with Gasteiger partial charge in [-0.05, 0) is 28.9 Å². The van der Waals surface area contributed by atoms with E-state index in [0.717, 1.165) is 10.6 Å². The Balaban J connectivity index is 2.18. The summed E-state index contributed by atoms with van der Waals surface area (Å²) in [5.41, 5.74) is 2.10. The molecular formula is C14H10N2OS. The molecule has 3 nitrogen and oxygen atoms in total. The summed E-state index contributed by atoms with van der Waals surface area (Å²) in [6.07, 6.45) is 0. The van der Waals surface area contributed by atoms with Crippen LogP contribution in [0.15, 0.2) is 58.6 Å². The van der Waals surface area contributed by atoms with E-state index >= 15 is 0 Å². The van der Waals surface area contributed by atoms with Crippen molar-refractivity contribution in [3.05, 3.63) is 64.6 Å². The summed E-state index contributed by atoms with van der Waals surface area (Å²) in [5, 5.41) is 11.9. The van der Waals surface area contributed by atoms with Crippen LogP contribution >= 0.6 is 11.8 Å². The molecule has 18 heavy (non-hydrogen) atoms. The fourth-order valence-electron chi connectivity index (χ4n) is 1.51. The normalized spacial score (nSPS) is 9.72. The van der Waals surface area contributed by atoms with Crippen molar-refractivity contribution >= 4 is 17.4 Å². The summed E-state index contributed by atoms with van der Waals surface area (Å²) in [5.74, 6) is 0.762. The van der Waals surface area contributed by atoms with Gasteiger partial charge in [0.05, 0.1) is 5.56 Å². The SMILES string of the molecule is N#Cc1ccc(N=O)cc1SCc1ccccc1. The molecule has 0 bridgehead atoms. The highest BCUT2D eigenvalue weighted by Gasteiger charge is 2.05. The first kappa shape index (κ1) is 12.3. The van der Waals surface area contributed by atoms with Gasteiger partial charge >= 0.3 is 0 Å². The number of nitroso groups, excluding NO2 is 1. The molecule has 0 saturated carbocycles. The Hall–Kier alpha value is -2.12. The van der Waals surface area contributed by atoms with Crippen LogP contribution in [0.2, 0.25) is 0 Å². The van der Waals surface area contributed by atoms with Crippen molar-refractivity contribution in [3.63, 3.8) is 0 Å². The van der Waals surface area contributed by atoms with E-state index in [-0.39, 0.29) is 0 Å². The maximum Gasteiger partial charge on any atom is 0.109 e. The van der Waals surface area contributed by atoms with Gasteiger partial charge in [-0.3, -0.25) is 0 Å². The third-order valence-electron chi connectivity index (χ3n) is 2.43. The van der Waals surface area contributed by atoms with Crippen molar-refractivity contribution in [2.75, 3.05) is 0 Å². The van der Waals surface area contributed by atoms with Gasteiger partial charge in [0.2, 0.25) is 0 Å². The lowest BCUT2D eigenvalue weighted by molar-refractivity contribution is 1.32. The minimum atomic E-state index is 0.351. The van der Waals surface area contributed by atoms with E-state index in [1.54, 1.807) is 18.2 Å². The van der Waals surface area contributed by atoms with Gasteiger partial charge in [-0.25, -0.2) is 0 Å². The van der Waals surface area contributed by atoms with E-state index in [1.165, 1.54) is 17.3 Å². The Bertz CT molecular complexity index is 590. The summed E-state index contributed by atoms with van der Waals surface area (Å²) < 4.78 is 0. The lowest BCUT2D eigenvalue weighted by Crippen LogP contribution is -1.83. The molecule has 0 aromatic heterocycles. The number of nitriles is 1. The van der Waals surface area contributed by atoms with Crippen molar-refractivity contribution in [1.82, 2.24) is 0 Å². The Labute approximate surface area is 109 Å². The molecule has 2 aromatic carbocycles. The minimum absolute atomic E-state index is 0.351. The standard InChI is InChI=1S/C14H10N2OS/c15-9-12-6-7-13(16-17)8-14(12)18-10-11-4-2-1-3-5-11/h1-8H,10H2. The lowest BCUT2D eigenvalue weighted by Gasteiger charge is -2.04.